The molecule has 1 aliphatic carbocycles. The van der Waals surface area contributed by atoms with E-state index in [0.29, 0.717) is 18.3 Å². The molecule has 0 bridgehead atoms. The summed E-state index contributed by atoms with van der Waals surface area (Å²) in [7, 11) is 0. The second kappa shape index (κ2) is 5.49. The lowest BCUT2D eigenvalue weighted by Crippen LogP contribution is -2.24. The number of hydrogen-bond acceptors (Lipinski definition) is 3. The second-order valence-corrected chi connectivity index (χ2v) is 5.69. The van der Waals surface area contributed by atoms with Crippen LogP contribution in [0.1, 0.15) is 35.5 Å². The van der Waals surface area contributed by atoms with Gasteiger partial charge in [0.25, 0.3) is 0 Å². The van der Waals surface area contributed by atoms with Gasteiger partial charge in [-0.15, -0.1) is 0 Å². The van der Waals surface area contributed by atoms with E-state index in [9.17, 15) is 5.11 Å². The lowest BCUT2D eigenvalue weighted by molar-refractivity contribution is 0.143. The third-order valence-electron chi connectivity index (χ3n) is 3.64. The van der Waals surface area contributed by atoms with E-state index >= 15 is 0 Å². The van der Waals surface area contributed by atoms with Gasteiger partial charge >= 0.3 is 0 Å². The third-order valence-corrected chi connectivity index (χ3v) is 4.39. The lowest BCUT2D eigenvalue weighted by Gasteiger charge is -2.16. The van der Waals surface area contributed by atoms with Crippen molar-refractivity contribution in [1.82, 2.24) is 5.32 Å². The first kappa shape index (κ1) is 12.9. The second-order valence-electron chi connectivity index (χ2n) is 4.84. The summed E-state index contributed by atoms with van der Waals surface area (Å²) in [5, 5.41) is 13.4. The van der Waals surface area contributed by atoms with Crippen LogP contribution in [0.3, 0.4) is 0 Å². The zero-order valence-corrected chi connectivity index (χ0v) is 12.1. The van der Waals surface area contributed by atoms with Gasteiger partial charge in [-0.05, 0) is 42.2 Å². The molecule has 0 aliphatic heterocycles. The molecule has 19 heavy (non-hydrogen) atoms. The molecule has 1 heterocycles. The molecular weight excluding hydrogens is 306 g/mol. The van der Waals surface area contributed by atoms with Crippen molar-refractivity contribution in [3.63, 3.8) is 0 Å². The molecule has 0 spiro atoms. The Labute approximate surface area is 120 Å². The molecule has 3 rings (SSSR count). The summed E-state index contributed by atoms with van der Waals surface area (Å²) in [5.41, 5.74) is 2.72. The van der Waals surface area contributed by atoms with Gasteiger partial charge in [0.1, 0.15) is 11.9 Å². The van der Waals surface area contributed by atoms with Gasteiger partial charge in [0.05, 0.1) is 6.26 Å². The molecule has 1 aliphatic rings. The van der Waals surface area contributed by atoms with Gasteiger partial charge in [-0.3, -0.25) is 0 Å². The van der Waals surface area contributed by atoms with Gasteiger partial charge in [-0.1, -0.05) is 28.1 Å². The molecule has 0 fully saturated rings. The Morgan fingerprint density at radius 1 is 1.37 bits per heavy atom. The smallest absolute Gasteiger partial charge is 0.133 e. The maximum atomic E-state index is 10.0. The molecule has 0 saturated heterocycles. The van der Waals surface area contributed by atoms with Crippen LogP contribution in [-0.2, 0) is 6.42 Å². The quantitative estimate of drug-likeness (QED) is 0.907. The Hall–Kier alpha value is -1.10. The number of halogens is 1. The maximum absolute atomic E-state index is 10.0. The van der Waals surface area contributed by atoms with Gasteiger partial charge in [0.15, 0.2) is 0 Å². The summed E-state index contributed by atoms with van der Waals surface area (Å²) >= 11 is 3.59. The molecule has 0 saturated carbocycles. The molecule has 1 aromatic carbocycles. The number of furan rings is 1. The van der Waals surface area contributed by atoms with Crippen LogP contribution in [0.25, 0.3) is 0 Å². The summed E-state index contributed by atoms with van der Waals surface area (Å²) < 4.78 is 6.38. The van der Waals surface area contributed by atoms with E-state index < -0.39 is 6.10 Å². The van der Waals surface area contributed by atoms with E-state index in [1.165, 1.54) is 15.6 Å². The van der Waals surface area contributed by atoms with Crippen molar-refractivity contribution < 1.29 is 9.52 Å². The fraction of sp³-hybridized carbons (Fsp3) is 0.333. The first-order valence-electron chi connectivity index (χ1n) is 6.48. The minimum Gasteiger partial charge on any atom is -0.467 e. The van der Waals surface area contributed by atoms with Crippen molar-refractivity contribution in [2.75, 3.05) is 6.54 Å². The van der Waals surface area contributed by atoms with Crippen molar-refractivity contribution >= 4 is 15.9 Å². The molecular formula is C15H16BrNO2. The zero-order valence-electron chi connectivity index (χ0n) is 10.5. The van der Waals surface area contributed by atoms with E-state index in [1.54, 1.807) is 18.4 Å². The number of rotatable bonds is 4. The van der Waals surface area contributed by atoms with Crippen LogP contribution < -0.4 is 5.32 Å². The molecule has 3 nitrogen and oxygen atoms in total. The molecule has 0 radical (unpaired) electrons. The van der Waals surface area contributed by atoms with E-state index in [-0.39, 0.29) is 0 Å². The van der Waals surface area contributed by atoms with Crippen LogP contribution in [0.4, 0.5) is 0 Å². The first-order chi connectivity index (χ1) is 9.25. The topological polar surface area (TPSA) is 45.4 Å². The van der Waals surface area contributed by atoms with Crippen molar-refractivity contribution in [2.45, 2.75) is 25.0 Å². The van der Waals surface area contributed by atoms with E-state index in [2.05, 4.69) is 39.4 Å². The molecule has 0 amide bonds. The van der Waals surface area contributed by atoms with Crippen molar-refractivity contribution in [3.05, 3.63) is 58.0 Å². The van der Waals surface area contributed by atoms with Crippen LogP contribution in [0.2, 0.25) is 0 Å². The predicted molar refractivity (Wildman–Crippen MR) is 76.9 cm³/mol. The van der Waals surface area contributed by atoms with Gasteiger partial charge in [-0.25, -0.2) is 0 Å². The minimum atomic E-state index is -0.591. The molecule has 4 heteroatoms. The van der Waals surface area contributed by atoms with Crippen molar-refractivity contribution in [2.24, 2.45) is 0 Å². The molecule has 100 valence electrons. The fourth-order valence-electron chi connectivity index (χ4n) is 2.66. The Balaban J connectivity index is 1.66. The molecule has 2 atom stereocenters. The number of fused-ring (bicyclic) bond motifs is 1. The Morgan fingerprint density at radius 2 is 2.26 bits per heavy atom. The summed E-state index contributed by atoms with van der Waals surface area (Å²) in [5.74, 6) is 0.611. The molecule has 1 aromatic heterocycles. The summed E-state index contributed by atoms with van der Waals surface area (Å²) in [6.45, 7) is 0.504. The van der Waals surface area contributed by atoms with Crippen LogP contribution in [0.5, 0.6) is 0 Å². The average molecular weight is 322 g/mol. The Kier molecular flexibility index (Phi) is 3.73. The monoisotopic (exact) mass is 321 g/mol. The van der Waals surface area contributed by atoms with E-state index in [0.717, 1.165) is 12.8 Å². The van der Waals surface area contributed by atoms with Gasteiger partial charge in [0, 0.05) is 17.1 Å². The summed E-state index contributed by atoms with van der Waals surface area (Å²) in [6.07, 6.45) is 3.14. The van der Waals surface area contributed by atoms with Crippen molar-refractivity contribution in [1.29, 1.82) is 0 Å². The van der Waals surface area contributed by atoms with Crippen LogP contribution in [0.15, 0.2) is 45.5 Å². The fourth-order valence-corrected chi connectivity index (χ4v) is 3.24. The van der Waals surface area contributed by atoms with Crippen LogP contribution in [0, 0.1) is 0 Å². The Bertz CT molecular complexity index is 553. The van der Waals surface area contributed by atoms with Gasteiger partial charge in [0.2, 0.25) is 0 Å². The summed E-state index contributed by atoms with van der Waals surface area (Å²) in [6, 6.07) is 10.2. The third kappa shape index (κ3) is 2.61. The number of nitrogens with one attached hydrogen (secondary N) is 1. The first-order valence-corrected chi connectivity index (χ1v) is 7.27. The largest absolute Gasteiger partial charge is 0.467 e. The highest BCUT2D eigenvalue weighted by Crippen LogP contribution is 2.35. The number of aliphatic hydroxyl groups is 1. The van der Waals surface area contributed by atoms with E-state index in [1.807, 2.05) is 0 Å². The summed E-state index contributed by atoms with van der Waals surface area (Å²) in [4.78, 5) is 0. The number of hydrogen-bond donors (Lipinski definition) is 2. The SMILES string of the molecule is O[C@@H](CN[C@H]1CCc2c(Br)cccc21)c1ccco1. The average Bonchev–Trinajstić information content (AvgIpc) is 3.06. The predicted octanol–water partition coefficient (Wildman–Crippen LogP) is 3.35. The highest BCUT2D eigenvalue weighted by Gasteiger charge is 2.24. The highest BCUT2D eigenvalue weighted by molar-refractivity contribution is 9.10. The minimum absolute atomic E-state index is 0.317. The van der Waals surface area contributed by atoms with Gasteiger partial charge in [-0.2, -0.15) is 0 Å². The number of aliphatic hydroxyl groups excluding tert-OH is 1. The molecule has 2 N–H and O–H groups in total. The van der Waals surface area contributed by atoms with Crippen molar-refractivity contribution in [3.8, 4) is 0 Å². The zero-order chi connectivity index (χ0) is 13.2. The molecule has 0 unspecified atom stereocenters. The maximum Gasteiger partial charge on any atom is 0.133 e. The van der Waals surface area contributed by atoms with Crippen LogP contribution >= 0.6 is 15.9 Å². The number of benzene rings is 1. The van der Waals surface area contributed by atoms with Crippen LogP contribution in [-0.4, -0.2) is 11.7 Å². The van der Waals surface area contributed by atoms with Gasteiger partial charge < -0.3 is 14.8 Å². The Morgan fingerprint density at radius 3 is 3.05 bits per heavy atom. The standard InChI is InChI=1S/C15H16BrNO2/c16-12-4-1-3-11-10(12)6-7-13(11)17-9-14(18)15-5-2-8-19-15/h1-5,8,13-14,17-18H,6-7,9H2/t13-,14-/m0/s1. The highest BCUT2D eigenvalue weighted by atomic mass is 79.9. The molecule has 2 aromatic rings. The normalized spacial score (nSPS) is 19.4. The lowest BCUT2D eigenvalue weighted by atomic mass is 10.1. The van der Waals surface area contributed by atoms with E-state index in [4.69, 9.17) is 4.42 Å².